The van der Waals surface area contributed by atoms with Crippen molar-refractivity contribution in [3.05, 3.63) is 29.6 Å². The van der Waals surface area contributed by atoms with Crippen molar-refractivity contribution in [2.45, 2.75) is 38.9 Å². The van der Waals surface area contributed by atoms with Crippen molar-refractivity contribution in [3.8, 4) is 5.75 Å². The SMILES string of the molecule is COc1ccc(CCC(=O)N2C[C@H](C)O[C@@H](C)C2)cc1F. The van der Waals surface area contributed by atoms with Crippen molar-refractivity contribution < 1.29 is 18.7 Å². The molecule has 116 valence electrons. The Morgan fingerprint density at radius 1 is 1.38 bits per heavy atom. The van der Waals surface area contributed by atoms with Gasteiger partial charge in [0.15, 0.2) is 11.6 Å². The summed E-state index contributed by atoms with van der Waals surface area (Å²) in [6, 6.07) is 4.81. The summed E-state index contributed by atoms with van der Waals surface area (Å²) >= 11 is 0. The second-order valence-corrected chi connectivity index (χ2v) is 5.52. The zero-order valence-electron chi connectivity index (χ0n) is 12.8. The smallest absolute Gasteiger partial charge is 0.223 e. The van der Waals surface area contributed by atoms with Gasteiger partial charge in [0.1, 0.15) is 0 Å². The van der Waals surface area contributed by atoms with Gasteiger partial charge in [-0.3, -0.25) is 4.79 Å². The van der Waals surface area contributed by atoms with E-state index in [-0.39, 0.29) is 23.9 Å². The highest BCUT2D eigenvalue weighted by Gasteiger charge is 2.25. The number of benzene rings is 1. The Balaban J connectivity index is 1.90. The van der Waals surface area contributed by atoms with E-state index in [1.165, 1.54) is 13.2 Å². The molecular formula is C16H22FNO3. The predicted molar refractivity (Wildman–Crippen MR) is 77.9 cm³/mol. The Morgan fingerprint density at radius 3 is 2.62 bits per heavy atom. The molecule has 0 bridgehead atoms. The zero-order valence-corrected chi connectivity index (χ0v) is 12.8. The van der Waals surface area contributed by atoms with Crippen molar-refractivity contribution in [2.24, 2.45) is 0 Å². The second kappa shape index (κ2) is 6.89. The lowest BCUT2D eigenvalue weighted by Crippen LogP contribution is -2.48. The van der Waals surface area contributed by atoms with Crippen LogP contribution in [0.1, 0.15) is 25.8 Å². The van der Waals surface area contributed by atoms with Gasteiger partial charge in [0, 0.05) is 19.5 Å². The summed E-state index contributed by atoms with van der Waals surface area (Å²) in [5, 5.41) is 0. The monoisotopic (exact) mass is 295 g/mol. The highest BCUT2D eigenvalue weighted by atomic mass is 19.1. The van der Waals surface area contributed by atoms with Gasteiger partial charge in [0.25, 0.3) is 0 Å². The number of aryl methyl sites for hydroxylation is 1. The van der Waals surface area contributed by atoms with E-state index in [2.05, 4.69) is 0 Å². The number of ether oxygens (including phenoxy) is 2. The zero-order chi connectivity index (χ0) is 15.4. The molecule has 1 aliphatic rings. The van der Waals surface area contributed by atoms with Crippen molar-refractivity contribution in [3.63, 3.8) is 0 Å². The Hall–Kier alpha value is -1.62. The molecule has 2 atom stereocenters. The van der Waals surface area contributed by atoms with Crippen LogP contribution in [0.4, 0.5) is 4.39 Å². The van der Waals surface area contributed by atoms with Gasteiger partial charge >= 0.3 is 0 Å². The van der Waals surface area contributed by atoms with E-state index in [1.54, 1.807) is 12.1 Å². The molecule has 0 aromatic heterocycles. The first-order valence-electron chi connectivity index (χ1n) is 7.25. The number of nitrogens with zero attached hydrogens (tertiary/aromatic N) is 1. The molecule has 0 unspecified atom stereocenters. The first-order valence-corrected chi connectivity index (χ1v) is 7.25. The van der Waals surface area contributed by atoms with Crippen LogP contribution in [0.15, 0.2) is 18.2 Å². The number of carbonyl (C=O) groups is 1. The van der Waals surface area contributed by atoms with Gasteiger partial charge in [-0.1, -0.05) is 6.07 Å². The molecule has 5 heteroatoms. The summed E-state index contributed by atoms with van der Waals surface area (Å²) in [5.41, 5.74) is 0.802. The molecule has 0 radical (unpaired) electrons. The molecule has 1 amide bonds. The molecule has 1 fully saturated rings. The normalized spacial score (nSPS) is 22.2. The van der Waals surface area contributed by atoms with Crippen LogP contribution < -0.4 is 4.74 Å². The van der Waals surface area contributed by atoms with Crippen molar-refractivity contribution in [2.75, 3.05) is 20.2 Å². The first kappa shape index (κ1) is 15.8. The minimum atomic E-state index is -0.393. The minimum absolute atomic E-state index is 0.0659. The van der Waals surface area contributed by atoms with Gasteiger partial charge in [-0.2, -0.15) is 0 Å². The fourth-order valence-corrected chi connectivity index (χ4v) is 2.66. The van der Waals surface area contributed by atoms with Gasteiger partial charge in [-0.25, -0.2) is 4.39 Å². The summed E-state index contributed by atoms with van der Waals surface area (Å²) in [7, 11) is 1.43. The van der Waals surface area contributed by atoms with E-state index in [9.17, 15) is 9.18 Å². The lowest BCUT2D eigenvalue weighted by molar-refractivity contribution is -0.143. The molecule has 21 heavy (non-hydrogen) atoms. The second-order valence-electron chi connectivity index (χ2n) is 5.52. The van der Waals surface area contributed by atoms with Crippen molar-refractivity contribution >= 4 is 5.91 Å². The average molecular weight is 295 g/mol. The molecule has 0 N–H and O–H groups in total. The fourth-order valence-electron chi connectivity index (χ4n) is 2.66. The van der Waals surface area contributed by atoms with Crippen LogP contribution >= 0.6 is 0 Å². The maximum absolute atomic E-state index is 13.6. The van der Waals surface area contributed by atoms with E-state index in [0.717, 1.165) is 5.56 Å². The van der Waals surface area contributed by atoms with E-state index in [0.29, 0.717) is 25.9 Å². The first-order chi connectivity index (χ1) is 9.99. The summed E-state index contributed by atoms with van der Waals surface area (Å²) in [6.45, 7) is 5.18. The van der Waals surface area contributed by atoms with Crippen molar-refractivity contribution in [1.29, 1.82) is 0 Å². The summed E-state index contributed by atoms with van der Waals surface area (Å²) in [6.07, 6.45) is 1.04. The van der Waals surface area contributed by atoms with Crippen LogP contribution in [0.2, 0.25) is 0 Å². The predicted octanol–water partition coefficient (Wildman–Crippen LogP) is 2.40. The number of methoxy groups -OCH3 is 1. The third-order valence-corrected chi connectivity index (χ3v) is 3.62. The van der Waals surface area contributed by atoms with E-state index in [4.69, 9.17) is 9.47 Å². The molecule has 1 aromatic rings. The molecule has 2 rings (SSSR count). The van der Waals surface area contributed by atoms with E-state index < -0.39 is 5.82 Å². The number of morpholine rings is 1. The van der Waals surface area contributed by atoms with Crippen LogP contribution in [0.3, 0.4) is 0 Å². The van der Waals surface area contributed by atoms with Gasteiger partial charge in [0.05, 0.1) is 19.3 Å². The molecule has 0 saturated carbocycles. The maximum Gasteiger partial charge on any atom is 0.223 e. The number of carbonyl (C=O) groups excluding carboxylic acids is 1. The largest absolute Gasteiger partial charge is 0.494 e. The molecule has 0 aliphatic carbocycles. The number of hydrogen-bond donors (Lipinski definition) is 0. The molecular weight excluding hydrogens is 273 g/mol. The summed E-state index contributed by atoms with van der Waals surface area (Å²) in [5.74, 6) is -0.0785. The number of halogens is 1. The van der Waals surface area contributed by atoms with Gasteiger partial charge in [0.2, 0.25) is 5.91 Å². The van der Waals surface area contributed by atoms with Gasteiger partial charge in [-0.15, -0.1) is 0 Å². The fraction of sp³-hybridized carbons (Fsp3) is 0.562. The molecule has 1 saturated heterocycles. The Morgan fingerprint density at radius 2 is 2.05 bits per heavy atom. The highest BCUT2D eigenvalue weighted by molar-refractivity contribution is 5.76. The Bertz CT molecular complexity index is 496. The standard InChI is InChI=1S/C16H22FNO3/c1-11-9-18(10-12(2)21-11)16(19)7-5-13-4-6-15(20-3)14(17)8-13/h4,6,8,11-12H,5,7,9-10H2,1-3H3/t11-,12-/m0/s1. The summed E-state index contributed by atoms with van der Waals surface area (Å²) in [4.78, 5) is 14.1. The average Bonchev–Trinajstić information content (AvgIpc) is 2.43. The van der Waals surface area contributed by atoms with Crippen LogP contribution in [0, 0.1) is 5.82 Å². The number of amides is 1. The van der Waals surface area contributed by atoms with Gasteiger partial charge < -0.3 is 14.4 Å². The molecule has 1 aromatic carbocycles. The Kier molecular flexibility index (Phi) is 5.17. The third kappa shape index (κ3) is 4.17. The topological polar surface area (TPSA) is 38.8 Å². The van der Waals surface area contributed by atoms with Crippen LogP contribution in [0.5, 0.6) is 5.75 Å². The van der Waals surface area contributed by atoms with E-state index in [1.807, 2.05) is 18.7 Å². The minimum Gasteiger partial charge on any atom is -0.494 e. The van der Waals surface area contributed by atoms with Crippen LogP contribution in [0.25, 0.3) is 0 Å². The van der Waals surface area contributed by atoms with Crippen LogP contribution in [-0.2, 0) is 16.0 Å². The molecule has 0 spiro atoms. The van der Waals surface area contributed by atoms with Gasteiger partial charge in [-0.05, 0) is 38.0 Å². The van der Waals surface area contributed by atoms with Crippen molar-refractivity contribution in [1.82, 2.24) is 4.90 Å². The molecule has 1 heterocycles. The lowest BCUT2D eigenvalue weighted by atomic mass is 10.1. The van der Waals surface area contributed by atoms with E-state index >= 15 is 0 Å². The Labute approximate surface area is 124 Å². The number of rotatable bonds is 4. The maximum atomic E-state index is 13.6. The molecule has 4 nitrogen and oxygen atoms in total. The van der Waals surface area contributed by atoms with Crippen LogP contribution in [-0.4, -0.2) is 43.2 Å². The number of hydrogen-bond acceptors (Lipinski definition) is 3. The highest BCUT2D eigenvalue weighted by Crippen LogP contribution is 2.19. The summed E-state index contributed by atoms with van der Waals surface area (Å²) < 4.78 is 24.1. The third-order valence-electron chi connectivity index (χ3n) is 3.62. The molecule has 1 aliphatic heterocycles. The lowest BCUT2D eigenvalue weighted by Gasteiger charge is -2.35. The quantitative estimate of drug-likeness (QED) is 0.856.